The number of carboxylic acids is 1. The molecule has 1 heterocycles. The summed E-state index contributed by atoms with van der Waals surface area (Å²) in [4.78, 5) is 10.6. The topological polar surface area (TPSA) is 72.4 Å². The maximum atomic E-state index is 10.6. The smallest absolute Gasteiger partial charge is 0.0540 e. The molecule has 0 aromatic rings. The second-order valence-electron chi connectivity index (χ2n) is 2.98. The van der Waals surface area contributed by atoms with Crippen molar-refractivity contribution >= 4 is 5.97 Å². The van der Waals surface area contributed by atoms with Gasteiger partial charge in [0.25, 0.3) is 0 Å². The van der Waals surface area contributed by atoms with Gasteiger partial charge in [0, 0.05) is 11.4 Å². The minimum Gasteiger partial charge on any atom is -0.549 e. The van der Waals surface area contributed by atoms with Crippen LogP contribution in [0.5, 0.6) is 0 Å². The lowest BCUT2D eigenvalue weighted by molar-refractivity contribution is -0.322. The molecule has 0 aromatic heterocycles. The molecule has 4 heteroatoms. The standard InChI is InChI=1S/C7H13NO3/c9-5-7(6(10)11)1-3-8-4-2-7/h8-9H,1-5H2,(H,10,11)/p-1. The summed E-state index contributed by atoms with van der Waals surface area (Å²) in [6.45, 7) is 0.986. The zero-order valence-electron chi connectivity index (χ0n) is 6.30. The van der Waals surface area contributed by atoms with Crippen molar-refractivity contribution in [1.29, 1.82) is 0 Å². The van der Waals surface area contributed by atoms with Crippen LogP contribution in [0, 0.1) is 5.41 Å². The number of carbonyl (C=O) groups is 1. The van der Waals surface area contributed by atoms with Gasteiger partial charge in [-0.2, -0.15) is 0 Å². The molecular formula is C7H12NO3-. The lowest BCUT2D eigenvalue weighted by Crippen LogP contribution is -2.50. The zero-order valence-corrected chi connectivity index (χ0v) is 6.30. The number of hydrogen-bond acceptors (Lipinski definition) is 4. The number of rotatable bonds is 2. The molecule has 0 aliphatic carbocycles. The highest BCUT2D eigenvalue weighted by Gasteiger charge is 2.32. The highest BCUT2D eigenvalue weighted by atomic mass is 16.4. The fourth-order valence-electron chi connectivity index (χ4n) is 1.33. The van der Waals surface area contributed by atoms with Crippen LogP contribution in [-0.4, -0.2) is 30.8 Å². The Morgan fingerprint density at radius 3 is 2.36 bits per heavy atom. The van der Waals surface area contributed by atoms with Crippen LogP contribution in [0.1, 0.15) is 12.8 Å². The van der Waals surface area contributed by atoms with Gasteiger partial charge in [-0.25, -0.2) is 0 Å². The number of aliphatic hydroxyl groups is 1. The van der Waals surface area contributed by atoms with Gasteiger partial charge in [-0.05, 0) is 25.9 Å². The van der Waals surface area contributed by atoms with Crippen LogP contribution >= 0.6 is 0 Å². The molecule has 0 bridgehead atoms. The average molecular weight is 158 g/mol. The first kappa shape index (κ1) is 8.49. The third-order valence-electron chi connectivity index (χ3n) is 2.30. The molecule has 1 rings (SSSR count). The van der Waals surface area contributed by atoms with E-state index in [0.29, 0.717) is 25.9 Å². The molecule has 0 saturated carbocycles. The van der Waals surface area contributed by atoms with Gasteiger partial charge in [0.15, 0.2) is 0 Å². The third-order valence-corrected chi connectivity index (χ3v) is 2.30. The zero-order chi connectivity index (χ0) is 8.32. The minimum absolute atomic E-state index is 0.309. The van der Waals surface area contributed by atoms with Gasteiger partial charge in [-0.3, -0.25) is 0 Å². The minimum atomic E-state index is -1.12. The lowest BCUT2D eigenvalue weighted by Gasteiger charge is -2.36. The monoisotopic (exact) mass is 158 g/mol. The van der Waals surface area contributed by atoms with Gasteiger partial charge in [0.2, 0.25) is 0 Å². The van der Waals surface area contributed by atoms with Gasteiger partial charge < -0.3 is 20.3 Å². The maximum absolute atomic E-state index is 10.6. The molecule has 0 aromatic carbocycles. The van der Waals surface area contributed by atoms with Crippen molar-refractivity contribution in [3.8, 4) is 0 Å². The molecule has 64 valence electrons. The summed E-state index contributed by atoms with van der Waals surface area (Å²) in [5.74, 6) is -1.12. The van der Waals surface area contributed by atoms with E-state index in [4.69, 9.17) is 5.11 Å². The highest BCUT2D eigenvalue weighted by molar-refractivity contribution is 5.72. The van der Waals surface area contributed by atoms with E-state index in [2.05, 4.69) is 5.32 Å². The summed E-state index contributed by atoms with van der Waals surface area (Å²) in [7, 11) is 0. The Hall–Kier alpha value is -0.610. The second-order valence-corrected chi connectivity index (χ2v) is 2.98. The quantitative estimate of drug-likeness (QED) is 0.492. The van der Waals surface area contributed by atoms with E-state index in [1.807, 2.05) is 0 Å². The number of aliphatic hydroxyl groups excluding tert-OH is 1. The first-order chi connectivity index (χ1) is 5.21. The molecule has 1 aliphatic heterocycles. The summed E-state index contributed by atoms with van der Waals surface area (Å²) in [6, 6.07) is 0. The number of carbonyl (C=O) groups excluding carboxylic acids is 1. The van der Waals surface area contributed by atoms with Gasteiger partial charge in [0.1, 0.15) is 0 Å². The van der Waals surface area contributed by atoms with Crippen LogP contribution in [0.4, 0.5) is 0 Å². The van der Waals surface area contributed by atoms with Crippen LogP contribution < -0.4 is 10.4 Å². The Morgan fingerprint density at radius 1 is 1.55 bits per heavy atom. The van der Waals surface area contributed by atoms with E-state index in [1.165, 1.54) is 0 Å². The summed E-state index contributed by atoms with van der Waals surface area (Å²) in [5, 5.41) is 22.5. The number of carboxylic acid groups (broad SMARTS) is 1. The molecule has 0 radical (unpaired) electrons. The van der Waals surface area contributed by atoms with Crippen molar-refractivity contribution in [1.82, 2.24) is 5.32 Å². The van der Waals surface area contributed by atoms with Gasteiger partial charge in [-0.1, -0.05) is 0 Å². The first-order valence-electron chi connectivity index (χ1n) is 3.74. The normalized spacial score (nSPS) is 23.0. The molecule has 0 spiro atoms. The van der Waals surface area contributed by atoms with Crippen molar-refractivity contribution < 1.29 is 15.0 Å². The average Bonchev–Trinajstić information content (AvgIpc) is 2.05. The van der Waals surface area contributed by atoms with E-state index < -0.39 is 11.4 Å². The first-order valence-corrected chi connectivity index (χ1v) is 3.74. The molecule has 0 amide bonds. The van der Waals surface area contributed by atoms with Crippen molar-refractivity contribution in [2.45, 2.75) is 12.8 Å². The van der Waals surface area contributed by atoms with Crippen LogP contribution in [0.25, 0.3) is 0 Å². The largest absolute Gasteiger partial charge is 0.549 e. The molecule has 1 saturated heterocycles. The summed E-state index contributed by atoms with van der Waals surface area (Å²) < 4.78 is 0. The van der Waals surface area contributed by atoms with Crippen molar-refractivity contribution in [2.75, 3.05) is 19.7 Å². The van der Waals surface area contributed by atoms with Gasteiger partial charge >= 0.3 is 0 Å². The van der Waals surface area contributed by atoms with Crippen LogP contribution in [-0.2, 0) is 4.79 Å². The summed E-state index contributed by atoms with van der Waals surface area (Å²) >= 11 is 0. The number of piperidine rings is 1. The van der Waals surface area contributed by atoms with Crippen molar-refractivity contribution in [3.63, 3.8) is 0 Å². The van der Waals surface area contributed by atoms with E-state index in [-0.39, 0.29) is 6.61 Å². The van der Waals surface area contributed by atoms with Crippen molar-refractivity contribution in [3.05, 3.63) is 0 Å². The Kier molecular flexibility index (Phi) is 2.46. The number of aliphatic carboxylic acids is 1. The third kappa shape index (κ3) is 1.52. The van der Waals surface area contributed by atoms with Crippen molar-refractivity contribution in [2.24, 2.45) is 5.41 Å². The van der Waals surface area contributed by atoms with Gasteiger partial charge in [-0.15, -0.1) is 0 Å². The van der Waals surface area contributed by atoms with E-state index in [9.17, 15) is 9.90 Å². The lowest BCUT2D eigenvalue weighted by atomic mass is 9.80. The Bertz CT molecular complexity index is 152. The van der Waals surface area contributed by atoms with E-state index in [1.54, 1.807) is 0 Å². The van der Waals surface area contributed by atoms with Crippen LogP contribution in [0.15, 0.2) is 0 Å². The van der Waals surface area contributed by atoms with E-state index >= 15 is 0 Å². The maximum Gasteiger partial charge on any atom is 0.0540 e. The SMILES string of the molecule is O=C([O-])C1(CO)CCNCC1. The summed E-state index contributed by atoms with van der Waals surface area (Å²) in [5.41, 5.74) is -0.981. The molecule has 1 fully saturated rings. The van der Waals surface area contributed by atoms with Crippen LogP contribution in [0.2, 0.25) is 0 Å². The fraction of sp³-hybridized carbons (Fsp3) is 0.857. The van der Waals surface area contributed by atoms with E-state index in [0.717, 1.165) is 0 Å². The van der Waals surface area contributed by atoms with Gasteiger partial charge in [0.05, 0.1) is 6.61 Å². The number of nitrogens with one attached hydrogen (secondary N) is 1. The second kappa shape index (κ2) is 3.19. The van der Waals surface area contributed by atoms with Crippen LogP contribution in [0.3, 0.4) is 0 Å². The molecule has 4 nitrogen and oxygen atoms in total. The molecule has 11 heavy (non-hydrogen) atoms. The number of hydrogen-bond donors (Lipinski definition) is 2. The molecular weight excluding hydrogens is 146 g/mol. The highest BCUT2D eigenvalue weighted by Crippen LogP contribution is 2.26. The summed E-state index contributed by atoms with van der Waals surface area (Å²) in [6.07, 6.45) is 0.928. The molecule has 0 atom stereocenters. The Balaban J connectivity index is 2.64. The molecule has 2 N–H and O–H groups in total. The Labute approximate surface area is 65.2 Å². The molecule has 0 unspecified atom stereocenters. The predicted octanol–water partition coefficient (Wildman–Crippen LogP) is -1.90. The predicted molar refractivity (Wildman–Crippen MR) is 36.6 cm³/mol. The molecule has 1 aliphatic rings. The fourth-order valence-corrected chi connectivity index (χ4v) is 1.33. The Morgan fingerprint density at radius 2 is 2.09 bits per heavy atom.